The van der Waals surface area contributed by atoms with E-state index in [1.165, 1.54) is 0 Å². The van der Waals surface area contributed by atoms with Crippen molar-refractivity contribution >= 4 is 30.1 Å². The number of hydrogen-bond donors (Lipinski definition) is 1. The Hall–Kier alpha value is -2.20. The van der Waals surface area contributed by atoms with Crippen molar-refractivity contribution in [2.45, 2.75) is 30.3 Å². The molecule has 2 saturated heterocycles. The zero-order valence-corrected chi connectivity index (χ0v) is 16.9. The molecule has 0 radical (unpaired) electrons. The van der Waals surface area contributed by atoms with Crippen LogP contribution in [-0.4, -0.2) is 35.2 Å². The molecule has 7 heteroatoms. The van der Waals surface area contributed by atoms with Crippen molar-refractivity contribution in [3.05, 3.63) is 60.2 Å². The first-order valence-corrected chi connectivity index (χ1v) is 10.2. The van der Waals surface area contributed by atoms with Gasteiger partial charge in [0.1, 0.15) is 17.5 Å². The molecular weight excluding hydrogens is 394 g/mol. The molecule has 2 aliphatic heterocycles. The van der Waals surface area contributed by atoms with Crippen LogP contribution in [0.5, 0.6) is 11.5 Å². The van der Waals surface area contributed by atoms with Crippen LogP contribution >= 0.6 is 24.2 Å². The largest absolute Gasteiger partial charge is 0.457 e. The van der Waals surface area contributed by atoms with Crippen molar-refractivity contribution in [2.75, 3.05) is 12.3 Å². The van der Waals surface area contributed by atoms with Crippen LogP contribution in [0.25, 0.3) is 0 Å². The number of nitrogens with one attached hydrogen (secondary N) is 1. The van der Waals surface area contributed by atoms with Crippen LogP contribution in [0.1, 0.15) is 23.8 Å². The van der Waals surface area contributed by atoms with Gasteiger partial charge in [0.25, 0.3) is 0 Å². The van der Waals surface area contributed by atoms with E-state index in [1.807, 2.05) is 54.6 Å². The van der Waals surface area contributed by atoms with Crippen molar-refractivity contribution in [1.82, 2.24) is 10.2 Å². The molecule has 4 rings (SSSR count). The molecule has 1 unspecified atom stereocenters. The summed E-state index contributed by atoms with van der Waals surface area (Å²) in [7, 11) is 0. The maximum absolute atomic E-state index is 12.7. The van der Waals surface area contributed by atoms with Gasteiger partial charge in [0.05, 0.1) is 17.5 Å². The molecule has 5 nitrogen and oxygen atoms in total. The SMILES string of the molecule is Cl.N#C[C@@H]1CCCN1C(=O)[C@@H]1CSC(c2ccc(Oc3ccccc3)cc2)N1. The van der Waals surface area contributed by atoms with E-state index in [2.05, 4.69) is 11.4 Å². The molecule has 2 aromatic carbocycles. The zero-order valence-electron chi connectivity index (χ0n) is 15.3. The number of para-hydroxylation sites is 1. The maximum atomic E-state index is 12.7. The van der Waals surface area contributed by atoms with Crippen molar-refractivity contribution < 1.29 is 9.53 Å². The van der Waals surface area contributed by atoms with Crippen LogP contribution in [0.15, 0.2) is 54.6 Å². The minimum atomic E-state index is -0.266. The first-order chi connectivity index (χ1) is 13.2. The Bertz CT molecular complexity index is 841. The van der Waals surface area contributed by atoms with E-state index in [0.29, 0.717) is 6.54 Å². The molecule has 0 saturated carbocycles. The standard InChI is InChI=1S/C21H21N3O2S.ClH/c22-13-16-5-4-12-24(16)21(25)19-14-27-20(23-19)15-8-10-18(11-9-15)26-17-6-2-1-3-7-17;/h1-3,6-11,16,19-20,23H,4-5,12,14H2;1H/t16-,19-,20?;/m0./s1. The number of halogens is 1. The second-order valence-corrected chi connectivity index (χ2v) is 7.87. The van der Waals surface area contributed by atoms with E-state index in [4.69, 9.17) is 4.74 Å². The third-order valence-corrected chi connectivity index (χ3v) is 6.19. The van der Waals surface area contributed by atoms with Crippen LogP contribution < -0.4 is 10.1 Å². The average Bonchev–Trinajstić information content (AvgIpc) is 3.38. The van der Waals surface area contributed by atoms with E-state index in [0.717, 1.165) is 35.7 Å². The molecule has 3 atom stereocenters. The summed E-state index contributed by atoms with van der Waals surface area (Å²) in [6.45, 7) is 0.691. The van der Waals surface area contributed by atoms with Gasteiger partial charge in [-0.25, -0.2) is 0 Å². The van der Waals surface area contributed by atoms with Gasteiger partial charge in [-0.1, -0.05) is 30.3 Å². The van der Waals surface area contributed by atoms with Crippen molar-refractivity contribution in [2.24, 2.45) is 0 Å². The summed E-state index contributed by atoms with van der Waals surface area (Å²) < 4.78 is 5.83. The summed E-state index contributed by atoms with van der Waals surface area (Å²) in [6.07, 6.45) is 1.70. The van der Waals surface area contributed by atoms with E-state index in [-0.39, 0.29) is 35.8 Å². The average molecular weight is 416 g/mol. The van der Waals surface area contributed by atoms with E-state index in [1.54, 1.807) is 16.7 Å². The predicted octanol–water partition coefficient (Wildman–Crippen LogP) is 4.12. The summed E-state index contributed by atoms with van der Waals surface area (Å²) in [4.78, 5) is 14.5. The molecule has 0 aromatic heterocycles. The fourth-order valence-electron chi connectivity index (χ4n) is 3.51. The number of nitrogens with zero attached hydrogens (tertiary/aromatic N) is 2. The first-order valence-electron chi connectivity index (χ1n) is 9.15. The number of carbonyl (C=O) groups is 1. The highest BCUT2D eigenvalue weighted by Crippen LogP contribution is 2.35. The summed E-state index contributed by atoms with van der Waals surface area (Å²) in [5, 5.41) is 12.7. The summed E-state index contributed by atoms with van der Waals surface area (Å²) in [5.74, 6) is 2.37. The predicted molar refractivity (Wildman–Crippen MR) is 113 cm³/mol. The lowest BCUT2D eigenvalue weighted by molar-refractivity contribution is -0.132. The summed E-state index contributed by atoms with van der Waals surface area (Å²) in [5.41, 5.74) is 1.12. The molecule has 0 bridgehead atoms. The molecule has 2 heterocycles. The second kappa shape index (κ2) is 9.33. The van der Waals surface area contributed by atoms with Gasteiger partial charge in [-0.15, -0.1) is 24.2 Å². The summed E-state index contributed by atoms with van der Waals surface area (Å²) >= 11 is 1.73. The van der Waals surface area contributed by atoms with Crippen LogP contribution in [0.4, 0.5) is 0 Å². The van der Waals surface area contributed by atoms with E-state index < -0.39 is 0 Å². The number of ether oxygens (including phenoxy) is 1. The Balaban J connectivity index is 0.00000225. The van der Waals surface area contributed by atoms with Crippen molar-refractivity contribution in [3.8, 4) is 17.6 Å². The number of benzene rings is 2. The molecule has 146 valence electrons. The molecular formula is C21H22ClN3O2S. The number of carbonyl (C=O) groups excluding carboxylic acids is 1. The number of amides is 1. The number of hydrogen-bond acceptors (Lipinski definition) is 5. The minimum Gasteiger partial charge on any atom is -0.457 e. The molecule has 1 N–H and O–H groups in total. The van der Waals surface area contributed by atoms with Crippen molar-refractivity contribution in [1.29, 1.82) is 5.26 Å². The molecule has 2 aromatic rings. The highest BCUT2D eigenvalue weighted by Gasteiger charge is 2.37. The number of nitriles is 1. The zero-order chi connectivity index (χ0) is 18.6. The molecule has 28 heavy (non-hydrogen) atoms. The van der Waals surface area contributed by atoms with Gasteiger partial charge in [0.15, 0.2) is 0 Å². The second-order valence-electron chi connectivity index (χ2n) is 6.74. The Morgan fingerprint density at radius 2 is 1.86 bits per heavy atom. The number of thioether (sulfide) groups is 1. The van der Waals surface area contributed by atoms with Gasteiger partial charge < -0.3 is 9.64 Å². The smallest absolute Gasteiger partial charge is 0.241 e. The van der Waals surface area contributed by atoms with Crippen LogP contribution in [0, 0.1) is 11.3 Å². The molecule has 0 aliphatic carbocycles. The van der Waals surface area contributed by atoms with Gasteiger partial charge in [0, 0.05) is 12.3 Å². The van der Waals surface area contributed by atoms with Gasteiger partial charge in [-0.3, -0.25) is 10.1 Å². The van der Waals surface area contributed by atoms with Gasteiger partial charge >= 0.3 is 0 Å². The summed E-state index contributed by atoms with van der Waals surface area (Å²) in [6, 6.07) is 19.4. The Morgan fingerprint density at radius 1 is 1.14 bits per heavy atom. The molecule has 2 aliphatic rings. The lowest BCUT2D eigenvalue weighted by atomic mass is 10.2. The third kappa shape index (κ3) is 4.44. The Kier molecular flexibility index (Phi) is 6.84. The van der Waals surface area contributed by atoms with Crippen LogP contribution in [0.3, 0.4) is 0 Å². The number of rotatable bonds is 4. The van der Waals surface area contributed by atoms with Gasteiger partial charge in [-0.05, 0) is 42.7 Å². The van der Waals surface area contributed by atoms with Crippen molar-refractivity contribution in [3.63, 3.8) is 0 Å². The third-order valence-electron chi connectivity index (χ3n) is 4.93. The van der Waals surface area contributed by atoms with E-state index >= 15 is 0 Å². The monoisotopic (exact) mass is 415 g/mol. The maximum Gasteiger partial charge on any atom is 0.241 e. The molecule has 1 amide bonds. The molecule has 2 fully saturated rings. The van der Waals surface area contributed by atoms with Crippen LogP contribution in [-0.2, 0) is 4.79 Å². The minimum absolute atomic E-state index is 0. The fourth-order valence-corrected chi connectivity index (χ4v) is 4.74. The topological polar surface area (TPSA) is 65.4 Å². The van der Waals surface area contributed by atoms with Crippen LogP contribution in [0.2, 0.25) is 0 Å². The highest BCUT2D eigenvalue weighted by atomic mass is 35.5. The lowest BCUT2D eigenvalue weighted by Gasteiger charge is -2.23. The normalized spacial score (nSPS) is 23.7. The quantitative estimate of drug-likeness (QED) is 0.813. The lowest BCUT2D eigenvalue weighted by Crippen LogP contribution is -2.46. The Morgan fingerprint density at radius 3 is 2.57 bits per heavy atom. The fraction of sp³-hybridized carbons (Fsp3) is 0.333. The Labute approximate surface area is 175 Å². The van der Waals surface area contributed by atoms with Gasteiger partial charge in [0.2, 0.25) is 5.91 Å². The first kappa shape index (κ1) is 20.5. The molecule has 0 spiro atoms. The number of likely N-dealkylation sites (tertiary alicyclic amines) is 1. The van der Waals surface area contributed by atoms with E-state index in [9.17, 15) is 10.1 Å². The highest BCUT2D eigenvalue weighted by molar-refractivity contribution is 7.99. The van der Waals surface area contributed by atoms with Gasteiger partial charge in [-0.2, -0.15) is 5.26 Å².